The normalized spacial score (nSPS) is 10.8. The number of ether oxygens (including phenoxy) is 2. The summed E-state index contributed by atoms with van der Waals surface area (Å²) < 4.78 is 10.6. The first-order valence-corrected chi connectivity index (χ1v) is 9.79. The molecular formula is C23H27N3O4. The molecule has 30 heavy (non-hydrogen) atoms. The number of anilines is 1. The number of aromatic nitrogens is 1. The molecule has 0 unspecified atom stereocenters. The second-order valence-electron chi connectivity index (χ2n) is 7.51. The van der Waals surface area contributed by atoms with Gasteiger partial charge in [0.1, 0.15) is 11.5 Å². The summed E-state index contributed by atoms with van der Waals surface area (Å²) in [6.45, 7) is 4.94. The zero-order valence-electron chi connectivity index (χ0n) is 17.7. The Bertz CT molecular complexity index is 1070. The van der Waals surface area contributed by atoms with E-state index in [1.807, 2.05) is 38.1 Å². The maximum atomic E-state index is 13.1. The average molecular weight is 409 g/mol. The van der Waals surface area contributed by atoms with Gasteiger partial charge in [-0.3, -0.25) is 4.79 Å². The van der Waals surface area contributed by atoms with Crippen LogP contribution in [-0.2, 0) is 6.54 Å². The van der Waals surface area contributed by atoms with Crippen LogP contribution in [0.5, 0.6) is 11.5 Å². The molecule has 0 bridgehead atoms. The number of pyridine rings is 1. The third-order valence-electron chi connectivity index (χ3n) is 4.67. The van der Waals surface area contributed by atoms with E-state index in [9.17, 15) is 9.59 Å². The Morgan fingerprint density at radius 3 is 2.37 bits per heavy atom. The van der Waals surface area contributed by atoms with E-state index in [1.54, 1.807) is 43.4 Å². The SMILES string of the molecule is COc1cc(NC(=O)N(Cc2cc(=O)[nH]c3ccccc23)CC(C)C)cc(OC)c1. The van der Waals surface area contributed by atoms with Crippen molar-refractivity contribution < 1.29 is 14.3 Å². The number of para-hydroxylation sites is 1. The Kier molecular flexibility index (Phi) is 6.61. The van der Waals surface area contributed by atoms with Gasteiger partial charge < -0.3 is 24.7 Å². The number of hydrogen-bond acceptors (Lipinski definition) is 4. The molecule has 7 nitrogen and oxygen atoms in total. The zero-order chi connectivity index (χ0) is 21.7. The number of rotatable bonds is 7. The molecule has 1 heterocycles. The summed E-state index contributed by atoms with van der Waals surface area (Å²) >= 11 is 0. The molecule has 3 rings (SSSR count). The molecule has 0 spiro atoms. The zero-order valence-corrected chi connectivity index (χ0v) is 17.7. The molecule has 0 aliphatic rings. The number of carbonyl (C=O) groups excluding carboxylic acids is 1. The second kappa shape index (κ2) is 9.35. The summed E-state index contributed by atoms with van der Waals surface area (Å²) in [5.41, 5.74) is 1.93. The number of H-pyrrole nitrogens is 1. The van der Waals surface area contributed by atoms with Gasteiger partial charge in [0, 0.05) is 53.9 Å². The molecule has 0 aliphatic carbocycles. The number of aromatic amines is 1. The largest absolute Gasteiger partial charge is 0.497 e. The first kappa shape index (κ1) is 21.2. The predicted molar refractivity (Wildman–Crippen MR) is 118 cm³/mol. The maximum absolute atomic E-state index is 13.1. The van der Waals surface area contributed by atoms with Gasteiger partial charge in [0.2, 0.25) is 5.56 Å². The van der Waals surface area contributed by atoms with Gasteiger partial charge in [-0.05, 0) is 17.5 Å². The van der Waals surface area contributed by atoms with Crippen LogP contribution < -0.4 is 20.3 Å². The van der Waals surface area contributed by atoms with Gasteiger partial charge in [-0.2, -0.15) is 0 Å². The molecule has 0 atom stereocenters. The molecule has 0 saturated heterocycles. The first-order chi connectivity index (χ1) is 14.4. The fourth-order valence-electron chi connectivity index (χ4n) is 3.36. The van der Waals surface area contributed by atoms with Crippen LogP contribution in [0.2, 0.25) is 0 Å². The third kappa shape index (κ3) is 5.11. The number of fused-ring (bicyclic) bond motifs is 1. The Morgan fingerprint density at radius 1 is 1.07 bits per heavy atom. The van der Waals surface area contributed by atoms with E-state index in [-0.39, 0.29) is 17.5 Å². The quantitative estimate of drug-likeness (QED) is 0.612. The van der Waals surface area contributed by atoms with Crippen LogP contribution in [-0.4, -0.2) is 36.7 Å². The Morgan fingerprint density at radius 2 is 1.73 bits per heavy atom. The average Bonchev–Trinajstić information content (AvgIpc) is 2.72. The molecular weight excluding hydrogens is 382 g/mol. The van der Waals surface area contributed by atoms with E-state index < -0.39 is 0 Å². The lowest BCUT2D eigenvalue weighted by molar-refractivity contribution is 0.202. The van der Waals surface area contributed by atoms with Crippen LogP contribution in [0.3, 0.4) is 0 Å². The molecule has 0 radical (unpaired) electrons. The van der Waals surface area contributed by atoms with Crippen LogP contribution in [0.4, 0.5) is 10.5 Å². The molecule has 1 aromatic heterocycles. The summed E-state index contributed by atoms with van der Waals surface area (Å²) in [5.74, 6) is 1.42. The minimum atomic E-state index is -0.261. The van der Waals surface area contributed by atoms with Gasteiger partial charge >= 0.3 is 6.03 Å². The monoisotopic (exact) mass is 409 g/mol. The van der Waals surface area contributed by atoms with Crippen LogP contribution in [0, 0.1) is 5.92 Å². The summed E-state index contributed by atoms with van der Waals surface area (Å²) in [6.07, 6.45) is 0. The molecule has 0 fully saturated rings. The lowest BCUT2D eigenvalue weighted by Gasteiger charge is -2.26. The lowest BCUT2D eigenvalue weighted by atomic mass is 10.1. The molecule has 158 valence electrons. The van der Waals surface area contributed by atoms with Crippen molar-refractivity contribution in [2.45, 2.75) is 20.4 Å². The number of nitrogens with one attached hydrogen (secondary N) is 2. The fraction of sp³-hybridized carbons (Fsp3) is 0.304. The Hall–Kier alpha value is -3.48. The highest BCUT2D eigenvalue weighted by molar-refractivity contribution is 5.90. The number of amides is 2. The van der Waals surface area contributed by atoms with Gasteiger partial charge in [0.15, 0.2) is 0 Å². The smallest absolute Gasteiger partial charge is 0.322 e. The topological polar surface area (TPSA) is 83.7 Å². The number of urea groups is 1. The number of benzene rings is 2. The van der Waals surface area contributed by atoms with E-state index in [0.29, 0.717) is 30.3 Å². The van der Waals surface area contributed by atoms with E-state index in [4.69, 9.17) is 9.47 Å². The van der Waals surface area contributed by atoms with Gasteiger partial charge in [0.05, 0.1) is 14.2 Å². The van der Waals surface area contributed by atoms with Gasteiger partial charge in [0.25, 0.3) is 0 Å². The van der Waals surface area contributed by atoms with Crippen molar-refractivity contribution in [1.29, 1.82) is 0 Å². The van der Waals surface area contributed by atoms with E-state index in [2.05, 4.69) is 10.3 Å². The highest BCUT2D eigenvalue weighted by atomic mass is 16.5. The van der Waals surface area contributed by atoms with Crippen molar-refractivity contribution in [1.82, 2.24) is 9.88 Å². The van der Waals surface area contributed by atoms with E-state index in [1.165, 1.54) is 0 Å². The lowest BCUT2D eigenvalue weighted by Crippen LogP contribution is -2.37. The van der Waals surface area contributed by atoms with Crippen molar-refractivity contribution in [3.05, 3.63) is 64.4 Å². The van der Waals surface area contributed by atoms with Crippen LogP contribution in [0.1, 0.15) is 19.4 Å². The third-order valence-corrected chi connectivity index (χ3v) is 4.67. The number of carbonyl (C=O) groups is 1. The van der Waals surface area contributed by atoms with Gasteiger partial charge in [-0.25, -0.2) is 4.79 Å². The number of nitrogens with zero attached hydrogens (tertiary/aromatic N) is 1. The second-order valence-corrected chi connectivity index (χ2v) is 7.51. The molecule has 7 heteroatoms. The van der Waals surface area contributed by atoms with Crippen molar-refractivity contribution in [3.8, 4) is 11.5 Å². The van der Waals surface area contributed by atoms with Crippen LogP contribution >= 0.6 is 0 Å². The molecule has 3 aromatic rings. The summed E-state index contributed by atoms with van der Waals surface area (Å²) in [5, 5.41) is 3.84. The molecule has 0 saturated carbocycles. The molecule has 2 N–H and O–H groups in total. The highest BCUT2D eigenvalue weighted by Crippen LogP contribution is 2.26. The van der Waals surface area contributed by atoms with Crippen molar-refractivity contribution in [3.63, 3.8) is 0 Å². The molecule has 0 aliphatic heterocycles. The van der Waals surface area contributed by atoms with Crippen molar-refractivity contribution in [2.24, 2.45) is 5.92 Å². The predicted octanol–water partition coefficient (Wildman–Crippen LogP) is 4.24. The number of hydrogen-bond donors (Lipinski definition) is 2. The summed E-state index contributed by atoms with van der Waals surface area (Å²) in [4.78, 5) is 29.8. The maximum Gasteiger partial charge on any atom is 0.322 e. The Balaban J connectivity index is 1.90. The Labute approximate surface area is 175 Å². The minimum Gasteiger partial charge on any atom is -0.497 e. The fourth-order valence-corrected chi connectivity index (χ4v) is 3.36. The van der Waals surface area contributed by atoms with Gasteiger partial charge in [-0.1, -0.05) is 32.0 Å². The summed E-state index contributed by atoms with van der Waals surface area (Å²) in [7, 11) is 3.12. The van der Waals surface area contributed by atoms with E-state index in [0.717, 1.165) is 16.5 Å². The van der Waals surface area contributed by atoms with E-state index >= 15 is 0 Å². The van der Waals surface area contributed by atoms with Crippen LogP contribution in [0.25, 0.3) is 10.9 Å². The van der Waals surface area contributed by atoms with Gasteiger partial charge in [-0.15, -0.1) is 0 Å². The van der Waals surface area contributed by atoms with Crippen molar-refractivity contribution >= 4 is 22.6 Å². The van der Waals surface area contributed by atoms with Crippen molar-refractivity contribution in [2.75, 3.05) is 26.1 Å². The highest BCUT2D eigenvalue weighted by Gasteiger charge is 2.18. The minimum absolute atomic E-state index is 0.189. The first-order valence-electron chi connectivity index (χ1n) is 9.79. The van der Waals surface area contributed by atoms with Crippen LogP contribution in [0.15, 0.2) is 53.3 Å². The molecule has 2 amide bonds. The standard InChI is InChI=1S/C23H27N3O4/c1-15(2)13-26(14-16-9-22(27)25-21-8-6-5-7-20(16)21)23(28)24-17-10-18(29-3)12-19(11-17)30-4/h5-12,15H,13-14H2,1-4H3,(H,24,28)(H,25,27). The molecule has 2 aromatic carbocycles. The summed E-state index contributed by atoms with van der Waals surface area (Å²) in [6, 6.07) is 14.1. The number of methoxy groups -OCH3 is 2.